The van der Waals surface area contributed by atoms with Crippen LogP contribution in [0.3, 0.4) is 0 Å². The van der Waals surface area contributed by atoms with Gasteiger partial charge in [-0.05, 0) is 44.2 Å². The van der Waals surface area contributed by atoms with Gasteiger partial charge in [0.25, 0.3) is 0 Å². The molecule has 1 aromatic heterocycles. The standard InChI is InChI=1S/C22H29N3O4/c1-4-29-22(27)17-12-25(15-5-6-15)19-16(20(17)26)7-8-18(21(19)28-3)24-10-13(2)9-14(23)11-24/h7-8,12-15H,4-6,9-11,23H2,1-3H3/t13-,14-/m0/s1. The lowest BCUT2D eigenvalue weighted by molar-refractivity contribution is 0.0524. The summed E-state index contributed by atoms with van der Waals surface area (Å²) in [7, 11) is 1.63. The van der Waals surface area contributed by atoms with Crippen LogP contribution in [0.15, 0.2) is 23.1 Å². The van der Waals surface area contributed by atoms with Crippen LogP contribution in [0.5, 0.6) is 5.75 Å². The summed E-state index contributed by atoms with van der Waals surface area (Å²) < 4.78 is 13.0. The van der Waals surface area contributed by atoms with Gasteiger partial charge in [0.2, 0.25) is 5.43 Å². The van der Waals surface area contributed by atoms with Crippen molar-refractivity contribution >= 4 is 22.6 Å². The Labute approximate surface area is 170 Å². The molecule has 2 aromatic rings. The third kappa shape index (κ3) is 3.59. The average molecular weight is 399 g/mol. The van der Waals surface area contributed by atoms with Crippen LogP contribution in [-0.4, -0.2) is 43.4 Å². The molecule has 7 nitrogen and oxygen atoms in total. The molecule has 2 aliphatic rings. The molecule has 1 saturated carbocycles. The lowest BCUT2D eigenvalue weighted by Gasteiger charge is -2.37. The fourth-order valence-electron chi connectivity index (χ4n) is 4.45. The van der Waals surface area contributed by atoms with E-state index < -0.39 is 5.97 Å². The van der Waals surface area contributed by atoms with Crippen molar-refractivity contribution in [1.29, 1.82) is 0 Å². The van der Waals surface area contributed by atoms with Crippen LogP contribution in [-0.2, 0) is 4.74 Å². The number of anilines is 1. The summed E-state index contributed by atoms with van der Waals surface area (Å²) >= 11 is 0. The minimum absolute atomic E-state index is 0.0784. The third-order valence-corrected chi connectivity index (χ3v) is 5.80. The van der Waals surface area contributed by atoms with Crippen LogP contribution in [0.4, 0.5) is 5.69 Å². The maximum absolute atomic E-state index is 13.1. The van der Waals surface area contributed by atoms with Crippen molar-refractivity contribution in [1.82, 2.24) is 4.57 Å². The number of fused-ring (bicyclic) bond motifs is 1. The summed E-state index contributed by atoms with van der Waals surface area (Å²) in [6.45, 7) is 5.81. The lowest BCUT2D eigenvalue weighted by atomic mass is 9.95. The summed E-state index contributed by atoms with van der Waals surface area (Å²) in [5.41, 5.74) is 7.72. The van der Waals surface area contributed by atoms with Gasteiger partial charge in [0.1, 0.15) is 5.56 Å². The smallest absolute Gasteiger partial charge is 0.343 e. The summed E-state index contributed by atoms with van der Waals surface area (Å²) in [6.07, 6.45) is 4.68. The van der Waals surface area contributed by atoms with Crippen LogP contribution in [0.2, 0.25) is 0 Å². The number of hydrogen-bond acceptors (Lipinski definition) is 6. The Bertz CT molecular complexity index is 986. The van der Waals surface area contributed by atoms with Crippen LogP contribution in [0.25, 0.3) is 10.9 Å². The van der Waals surface area contributed by atoms with E-state index in [2.05, 4.69) is 11.8 Å². The molecule has 4 rings (SSSR count). The Morgan fingerprint density at radius 1 is 1.28 bits per heavy atom. The number of nitrogens with two attached hydrogens (primary N) is 1. The predicted octanol–water partition coefficient (Wildman–Crippen LogP) is 2.70. The number of esters is 1. The van der Waals surface area contributed by atoms with E-state index in [0.717, 1.165) is 43.6 Å². The van der Waals surface area contributed by atoms with Crippen molar-refractivity contribution in [2.24, 2.45) is 11.7 Å². The van der Waals surface area contributed by atoms with E-state index in [-0.39, 0.29) is 29.7 Å². The molecule has 7 heteroatoms. The normalized spacial score (nSPS) is 22.0. The largest absolute Gasteiger partial charge is 0.492 e. The third-order valence-electron chi connectivity index (χ3n) is 5.80. The van der Waals surface area contributed by atoms with Crippen molar-refractivity contribution in [2.75, 3.05) is 31.7 Å². The minimum Gasteiger partial charge on any atom is -0.492 e. The molecule has 2 atom stereocenters. The van der Waals surface area contributed by atoms with Gasteiger partial charge in [0.15, 0.2) is 5.75 Å². The van der Waals surface area contributed by atoms with E-state index in [9.17, 15) is 9.59 Å². The highest BCUT2D eigenvalue weighted by Crippen LogP contribution is 2.43. The van der Waals surface area contributed by atoms with Crippen molar-refractivity contribution in [3.63, 3.8) is 0 Å². The molecule has 0 spiro atoms. The number of carbonyl (C=O) groups excluding carboxylic acids is 1. The highest BCUT2D eigenvalue weighted by Gasteiger charge is 2.31. The topological polar surface area (TPSA) is 86.8 Å². The number of methoxy groups -OCH3 is 1. The van der Waals surface area contributed by atoms with Gasteiger partial charge < -0.3 is 24.7 Å². The molecule has 2 N–H and O–H groups in total. The Morgan fingerprint density at radius 3 is 2.66 bits per heavy atom. The molecule has 1 aromatic carbocycles. The first-order valence-electron chi connectivity index (χ1n) is 10.4. The van der Waals surface area contributed by atoms with Gasteiger partial charge in [-0.2, -0.15) is 0 Å². The zero-order chi connectivity index (χ0) is 20.7. The summed E-state index contributed by atoms with van der Waals surface area (Å²) in [4.78, 5) is 27.7. The van der Waals surface area contributed by atoms with Crippen LogP contribution in [0, 0.1) is 5.92 Å². The highest BCUT2D eigenvalue weighted by molar-refractivity contribution is 5.97. The quantitative estimate of drug-likeness (QED) is 0.778. The molecule has 0 bridgehead atoms. The van der Waals surface area contributed by atoms with Gasteiger partial charge >= 0.3 is 5.97 Å². The van der Waals surface area contributed by atoms with Crippen molar-refractivity contribution in [2.45, 2.75) is 45.2 Å². The minimum atomic E-state index is -0.576. The number of hydrogen-bond donors (Lipinski definition) is 1. The summed E-state index contributed by atoms with van der Waals surface area (Å²) in [5, 5.41) is 0.484. The maximum atomic E-state index is 13.1. The number of aromatic nitrogens is 1. The summed E-state index contributed by atoms with van der Waals surface area (Å²) in [6, 6.07) is 4.09. The zero-order valence-corrected chi connectivity index (χ0v) is 17.3. The van der Waals surface area contributed by atoms with Gasteiger partial charge in [-0.1, -0.05) is 6.92 Å². The molecular formula is C22H29N3O4. The Balaban J connectivity index is 1.92. The number of pyridine rings is 1. The number of piperidine rings is 1. The SMILES string of the molecule is CCOC(=O)c1cn(C2CC2)c2c(OC)c(N3C[C@@H](C)C[C@H](N)C3)ccc2c1=O. The number of carbonyl (C=O) groups is 1. The highest BCUT2D eigenvalue weighted by atomic mass is 16.5. The van der Waals surface area contributed by atoms with Crippen molar-refractivity contribution in [3.05, 3.63) is 34.1 Å². The predicted molar refractivity (Wildman–Crippen MR) is 113 cm³/mol. The van der Waals surface area contributed by atoms with Gasteiger partial charge in [-0.3, -0.25) is 4.79 Å². The van der Waals surface area contributed by atoms with Crippen molar-refractivity contribution < 1.29 is 14.3 Å². The number of benzene rings is 1. The molecule has 0 unspecified atom stereocenters. The van der Waals surface area contributed by atoms with Crippen LogP contribution < -0.4 is 20.8 Å². The Kier molecular flexibility index (Phi) is 5.25. The second-order valence-electron chi connectivity index (χ2n) is 8.25. The molecule has 1 saturated heterocycles. The maximum Gasteiger partial charge on any atom is 0.343 e. The van der Waals surface area contributed by atoms with Gasteiger partial charge in [0, 0.05) is 31.4 Å². The van der Waals surface area contributed by atoms with E-state index in [1.54, 1.807) is 20.2 Å². The van der Waals surface area contributed by atoms with E-state index in [0.29, 0.717) is 17.1 Å². The van der Waals surface area contributed by atoms with Gasteiger partial charge in [0.05, 0.1) is 30.3 Å². The number of ether oxygens (including phenoxy) is 2. The Hall–Kier alpha value is -2.54. The molecule has 1 aliphatic heterocycles. The first-order valence-corrected chi connectivity index (χ1v) is 10.4. The van der Waals surface area contributed by atoms with Crippen LogP contribution in [0.1, 0.15) is 49.5 Å². The van der Waals surface area contributed by atoms with E-state index >= 15 is 0 Å². The van der Waals surface area contributed by atoms with Crippen molar-refractivity contribution in [3.8, 4) is 5.75 Å². The summed E-state index contributed by atoms with van der Waals surface area (Å²) in [5.74, 6) is 0.576. The van der Waals surface area contributed by atoms with Gasteiger partial charge in [-0.15, -0.1) is 0 Å². The molecule has 1 aliphatic carbocycles. The monoisotopic (exact) mass is 399 g/mol. The Morgan fingerprint density at radius 2 is 2.03 bits per heavy atom. The molecule has 2 heterocycles. The fourth-order valence-corrected chi connectivity index (χ4v) is 4.45. The zero-order valence-electron chi connectivity index (χ0n) is 17.3. The second kappa shape index (κ2) is 7.71. The molecule has 0 amide bonds. The number of nitrogens with zero attached hydrogens (tertiary/aromatic N) is 2. The van der Waals surface area contributed by atoms with E-state index in [1.165, 1.54) is 0 Å². The first-order chi connectivity index (χ1) is 13.9. The van der Waals surface area contributed by atoms with Gasteiger partial charge in [-0.25, -0.2) is 4.79 Å². The lowest BCUT2D eigenvalue weighted by Crippen LogP contribution is -2.46. The first kappa shape index (κ1) is 19.8. The van der Waals surface area contributed by atoms with E-state index in [1.807, 2.05) is 16.7 Å². The number of rotatable bonds is 5. The fraction of sp³-hybridized carbons (Fsp3) is 0.545. The van der Waals surface area contributed by atoms with E-state index in [4.69, 9.17) is 15.2 Å². The van der Waals surface area contributed by atoms with Crippen LogP contribution >= 0.6 is 0 Å². The average Bonchev–Trinajstić information content (AvgIpc) is 3.52. The second-order valence-corrected chi connectivity index (χ2v) is 8.25. The molecular weight excluding hydrogens is 370 g/mol. The molecule has 0 radical (unpaired) electrons. The molecule has 29 heavy (non-hydrogen) atoms. The molecule has 2 fully saturated rings. The molecule has 156 valence electrons.